The van der Waals surface area contributed by atoms with Crippen LogP contribution in [0.5, 0.6) is 0 Å². The lowest BCUT2D eigenvalue weighted by molar-refractivity contribution is -0.117. The van der Waals surface area contributed by atoms with Gasteiger partial charge >= 0.3 is 0 Å². The van der Waals surface area contributed by atoms with E-state index < -0.39 is 27.1 Å². The Morgan fingerprint density at radius 3 is 2.48 bits per heavy atom. The van der Waals surface area contributed by atoms with Crippen molar-refractivity contribution >= 4 is 50.0 Å². The Bertz CT molecular complexity index is 1430. The highest BCUT2D eigenvalue weighted by molar-refractivity contribution is 8.16. The molecule has 0 spiro atoms. The smallest absolute Gasteiger partial charge is 0.256 e. The molecule has 0 fully saturated rings. The van der Waals surface area contributed by atoms with Gasteiger partial charge in [-0.2, -0.15) is 4.31 Å². The van der Waals surface area contributed by atoms with E-state index >= 15 is 0 Å². The number of sulfonamides is 1. The number of anilines is 1. The number of aliphatic imine (C=N–C) groups is 1. The fraction of sp³-hybridized carbons (Fsp3) is 0.393. The van der Waals surface area contributed by atoms with E-state index in [9.17, 15) is 18.0 Å². The van der Waals surface area contributed by atoms with Crippen molar-refractivity contribution in [3.63, 3.8) is 0 Å². The number of methoxy groups -OCH3 is 1. The second-order valence-corrected chi connectivity index (χ2v) is 12.5. The van der Waals surface area contributed by atoms with Crippen molar-refractivity contribution in [1.82, 2.24) is 9.62 Å². The number of carbonyl (C=O) groups is 2. The summed E-state index contributed by atoms with van der Waals surface area (Å²) >= 11 is 1.07. The zero-order valence-electron chi connectivity index (χ0n) is 23.6. The van der Waals surface area contributed by atoms with Gasteiger partial charge in [-0.1, -0.05) is 49.4 Å². The van der Waals surface area contributed by atoms with E-state index in [0.717, 1.165) is 22.9 Å². The van der Waals surface area contributed by atoms with Crippen molar-refractivity contribution in [2.45, 2.75) is 50.8 Å². The highest BCUT2D eigenvalue weighted by Crippen LogP contribution is 2.36. The number of nitrogens with two attached hydrogens (primary N) is 1. The van der Waals surface area contributed by atoms with E-state index in [2.05, 4.69) is 10.6 Å². The first-order valence-electron chi connectivity index (χ1n) is 13.0. The summed E-state index contributed by atoms with van der Waals surface area (Å²) in [4.78, 5) is 31.5. The maximum absolute atomic E-state index is 13.4. The summed E-state index contributed by atoms with van der Waals surface area (Å²) in [6, 6.07) is 11.5. The van der Waals surface area contributed by atoms with Crippen molar-refractivity contribution in [2.24, 2.45) is 10.7 Å². The summed E-state index contributed by atoms with van der Waals surface area (Å²) in [6.45, 7) is 10.2. The normalized spacial score (nSPS) is 17.4. The Morgan fingerprint density at radius 1 is 1.15 bits per heavy atom. The van der Waals surface area contributed by atoms with Crippen LogP contribution in [0.25, 0.3) is 0 Å². The summed E-state index contributed by atoms with van der Waals surface area (Å²) in [5, 5.41) is 4.98. The van der Waals surface area contributed by atoms with Gasteiger partial charge in [0.15, 0.2) is 0 Å². The highest BCUT2D eigenvalue weighted by atomic mass is 32.2. The third-order valence-corrected chi connectivity index (χ3v) is 9.56. The summed E-state index contributed by atoms with van der Waals surface area (Å²) < 4.78 is 32.4. The van der Waals surface area contributed by atoms with Crippen LogP contribution in [-0.4, -0.2) is 67.7 Å². The number of ether oxygens (including phenoxy) is 1. The van der Waals surface area contributed by atoms with Gasteiger partial charge in [-0.3, -0.25) is 9.59 Å². The second-order valence-electron chi connectivity index (χ2n) is 9.47. The molecule has 0 unspecified atom stereocenters. The Labute approximate surface area is 240 Å². The molecule has 0 aliphatic carbocycles. The first-order chi connectivity index (χ1) is 18.9. The van der Waals surface area contributed by atoms with Gasteiger partial charge < -0.3 is 21.1 Å². The number of nitrogens with zero attached hydrogens (tertiary/aromatic N) is 2. The van der Waals surface area contributed by atoms with Crippen molar-refractivity contribution in [3.8, 4) is 0 Å². The number of aryl methyl sites for hydroxylation is 2. The number of carbonyl (C=O) groups excluding carboxylic acids is 2. The zero-order valence-corrected chi connectivity index (χ0v) is 25.3. The number of benzene rings is 2. The SMILES string of the molecule is CCN(CC)S(=O)(=O)c1cccc(NC(=O)[C@H]2SC(=Nc3ccc(C)cc3C)C(C(=O)N[C@@H](C)COC)=C2N)c1. The van der Waals surface area contributed by atoms with Gasteiger partial charge in [0.1, 0.15) is 10.3 Å². The third kappa shape index (κ3) is 7.11. The topological polar surface area (TPSA) is 143 Å². The second kappa shape index (κ2) is 13.4. The maximum atomic E-state index is 13.4. The molecule has 2 aromatic carbocycles. The molecule has 0 aromatic heterocycles. The molecule has 216 valence electrons. The van der Waals surface area contributed by atoms with Crippen molar-refractivity contribution < 1.29 is 22.7 Å². The Balaban J connectivity index is 1.95. The maximum Gasteiger partial charge on any atom is 0.256 e. The summed E-state index contributed by atoms with van der Waals surface area (Å²) in [7, 11) is -2.18. The predicted octanol–water partition coefficient (Wildman–Crippen LogP) is 3.48. The van der Waals surface area contributed by atoms with E-state index in [4.69, 9.17) is 15.5 Å². The fourth-order valence-electron chi connectivity index (χ4n) is 4.28. The lowest BCUT2D eigenvalue weighted by Gasteiger charge is -2.19. The Morgan fingerprint density at radius 2 is 1.85 bits per heavy atom. The van der Waals surface area contributed by atoms with E-state index in [1.165, 1.54) is 23.5 Å². The van der Waals surface area contributed by atoms with Crippen molar-refractivity contribution in [3.05, 3.63) is 64.9 Å². The zero-order chi connectivity index (χ0) is 29.6. The van der Waals surface area contributed by atoms with Gasteiger partial charge in [0.05, 0.1) is 22.8 Å². The molecule has 0 radical (unpaired) electrons. The average molecular weight is 588 g/mol. The molecular weight excluding hydrogens is 550 g/mol. The van der Waals surface area contributed by atoms with Crippen LogP contribution >= 0.6 is 11.8 Å². The monoisotopic (exact) mass is 587 g/mol. The average Bonchev–Trinajstić information content (AvgIpc) is 3.22. The molecule has 1 aliphatic rings. The van der Waals surface area contributed by atoms with Crippen LogP contribution in [0.3, 0.4) is 0 Å². The lowest BCUT2D eigenvalue weighted by atomic mass is 10.1. The molecule has 0 saturated heterocycles. The number of hydrogen-bond acceptors (Lipinski definition) is 8. The van der Waals surface area contributed by atoms with Gasteiger partial charge in [0.2, 0.25) is 15.9 Å². The summed E-state index contributed by atoms with van der Waals surface area (Å²) in [6.07, 6.45) is 0. The largest absolute Gasteiger partial charge is 0.400 e. The molecule has 2 amide bonds. The van der Waals surface area contributed by atoms with Crippen LogP contribution in [0.2, 0.25) is 0 Å². The van der Waals surface area contributed by atoms with Crippen LogP contribution < -0.4 is 16.4 Å². The van der Waals surface area contributed by atoms with Gasteiger partial charge in [-0.25, -0.2) is 13.4 Å². The molecule has 40 heavy (non-hydrogen) atoms. The van der Waals surface area contributed by atoms with E-state index in [1.807, 2.05) is 32.0 Å². The van der Waals surface area contributed by atoms with Crippen LogP contribution in [0.1, 0.15) is 31.9 Å². The van der Waals surface area contributed by atoms with Crippen molar-refractivity contribution in [2.75, 3.05) is 32.1 Å². The molecule has 3 rings (SSSR count). The third-order valence-electron chi connectivity index (χ3n) is 6.29. The summed E-state index contributed by atoms with van der Waals surface area (Å²) in [5.74, 6) is -0.957. The molecule has 0 saturated carbocycles. The number of rotatable bonds is 11. The van der Waals surface area contributed by atoms with Crippen molar-refractivity contribution in [1.29, 1.82) is 0 Å². The van der Waals surface area contributed by atoms with Gasteiger partial charge in [0, 0.05) is 37.6 Å². The predicted molar refractivity (Wildman–Crippen MR) is 160 cm³/mol. The molecule has 2 atom stereocenters. The molecule has 10 nitrogen and oxygen atoms in total. The minimum atomic E-state index is -3.72. The van der Waals surface area contributed by atoms with E-state index in [1.54, 1.807) is 32.9 Å². The van der Waals surface area contributed by atoms with Gasteiger partial charge in [-0.15, -0.1) is 0 Å². The molecule has 1 aliphatic heterocycles. The van der Waals surface area contributed by atoms with Crippen LogP contribution in [-0.2, 0) is 24.3 Å². The fourth-order valence-corrected chi connectivity index (χ4v) is 6.89. The van der Waals surface area contributed by atoms with Crippen LogP contribution in [0, 0.1) is 13.8 Å². The minimum absolute atomic E-state index is 0.0695. The first-order valence-corrected chi connectivity index (χ1v) is 15.3. The minimum Gasteiger partial charge on any atom is -0.400 e. The van der Waals surface area contributed by atoms with Gasteiger partial charge in [0.25, 0.3) is 5.91 Å². The van der Waals surface area contributed by atoms with Gasteiger partial charge in [-0.05, 0) is 50.6 Å². The molecule has 12 heteroatoms. The molecule has 4 N–H and O–H groups in total. The lowest BCUT2D eigenvalue weighted by Crippen LogP contribution is -2.38. The first kappa shape index (κ1) is 31.3. The Hall–Kier alpha value is -3.19. The molecular formula is C28H37N5O5S2. The molecule has 0 bridgehead atoms. The Kier molecular flexibility index (Phi) is 10.5. The van der Waals surface area contributed by atoms with Crippen LogP contribution in [0.15, 0.2) is 63.6 Å². The number of hydrogen-bond donors (Lipinski definition) is 3. The summed E-state index contributed by atoms with van der Waals surface area (Å²) in [5.41, 5.74) is 9.58. The van der Waals surface area contributed by atoms with E-state index in [0.29, 0.717) is 36.1 Å². The number of thioether (sulfide) groups is 1. The van der Waals surface area contributed by atoms with E-state index in [-0.39, 0.29) is 22.2 Å². The quantitative estimate of drug-likeness (QED) is 0.365. The standard InChI is InChI=1S/C28H37N5O5S2/c1-7-33(8-2)40(36,37)21-11-9-10-20(15-21)31-27(35)25-24(29)23(26(34)30-19(5)16-38-6)28(39-25)32-22-13-12-17(3)14-18(22)4/h9-15,19,25H,7-8,16,29H2,1-6H3,(H,30,34)(H,31,35)/t19-,25-/m0/s1. The van der Waals surface area contributed by atoms with Crippen LogP contribution in [0.4, 0.5) is 11.4 Å². The number of amides is 2. The molecule has 1 heterocycles. The number of nitrogens with one attached hydrogen (secondary N) is 2. The molecule has 2 aromatic rings. The highest BCUT2D eigenvalue weighted by Gasteiger charge is 2.39.